The Labute approximate surface area is 98.6 Å². The first-order valence-corrected chi connectivity index (χ1v) is 5.94. The average molecular weight is 271 g/mol. The SMILES string of the molecule is Cc1ncccc1C(=O)N(C)C(C)CBr. The van der Waals surface area contributed by atoms with E-state index in [9.17, 15) is 4.79 Å². The molecule has 0 fully saturated rings. The first-order valence-electron chi connectivity index (χ1n) is 4.82. The molecule has 1 aromatic heterocycles. The number of alkyl halides is 1. The molecule has 1 rings (SSSR count). The van der Waals surface area contributed by atoms with Crippen LogP contribution in [0.5, 0.6) is 0 Å². The summed E-state index contributed by atoms with van der Waals surface area (Å²) in [5.41, 5.74) is 1.45. The van der Waals surface area contributed by atoms with Crippen LogP contribution in [-0.2, 0) is 0 Å². The molecule has 0 spiro atoms. The maximum absolute atomic E-state index is 12.0. The van der Waals surface area contributed by atoms with Crippen molar-refractivity contribution in [3.05, 3.63) is 29.6 Å². The van der Waals surface area contributed by atoms with Crippen molar-refractivity contribution in [1.29, 1.82) is 0 Å². The Morgan fingerprint density at radius 1 is 1.67 bits per heavy atom. The zero-order valence-electron chi connectivity index (χ0n) is 9.20. The first kappa shape index (κ1) is 12.2. The van der Waals surface area contributed by atoms with Gasteiger partial charge in [0.25, 0.3) is 5.91 Å². The van der Waals surface area contributed by atoms with Gasteiger partial charge in [0.2, 0.25) is 0 Å². The zero-order valence-corrected chi connectivity index (χ0v) is 10.8. The lowest BCUT2D eigenvalue weighted by molar-refractivity contribution is 0.0757. The molecular weight excluding hydrogens is 256 g/mol. The topological polar surface area (TPSA) is 33.2 Å². The number of pyridine rings is 1. The number of hydrogen-bond acceptors (Lipinski definition) is 2. The fourth-order valence-corrected chi connectivity index (χ4v) is 1.64. The first-order chi connectivity index (χ1) is 7.07. The number of hydrogen-bond donors (Lipinski definition) is 0. The zero-order chi connectivity index (χ0) is 11.4. The minimum Gasteiger partial charge on any atom is -0.338 e. The molecule has 15 heavy (non-hydrogen) atoms. The van der Waals surface area contributed by atoms with Crippen molar-refractivity contribution >= 4 is 21.8 Å². The highest BCUT2D eigenvalue weighted by Gasteiger charge is 2.18. The second-order valence-corrected chi connectivity index (χ2v) is 4.20. The van der Waals surface area contributed by atoms with Gasteiger partial charge in [0.15, 0.2) is 0 Å². The number of rotatable bonds is 3. The van der Waals surface area contributed by atoms with Gasteiger partial charge in [-0.3, -0.25) is 9.78 Å². The van der Waals surface area contributed by atoms with Crippen molar-refractivity contribution < 1.29 is 4.79 Å². The van der Waals surface area contributed by atoms with Crippen molar-refractivity contribution in [2.75, 3.05) is 12.4 Å². The summed E-state index contributed by atoms with van der Waals surface area (Å²) < 4.78 is 0. The summed E-state index contributed by atoms with van der Waals surface area (Å²) in [6.45, 7) is 3.85. The summed E-state index contributed by atoms with van der Waals surface area (Å²) in [6, 6.07) is 3.77. The molecule has 0 aliphatic rings. The third-order valence-electron chi connectivity index (χ3n) is 2.44. The average Bonchev–Trinajstić information content (AvgIpc) is 2.26. The van der Waals surface area contributed by atoms with Gasteiger partial charge >= 0.3 is 0 Å². The highest BCUT2D eigenvalue weighted by molar-refractivity contribution is 9.09. The molecular formula is C11H15BrN2O. The van der Waals surface area contributed by atoms with Crippen LogP contribution in [0.1, 0.15) is 23.0 Å². The van der Waals surface area contributed by atoms with Gasteiger partial charge in [-0.05, 0) is 26.0 Å². The van der Waals surface area contributed by atoms with E-state index in [0.29, 0.717) is 5.56 Å². The van der Waals surface area contributed by atoms with Gasteiger partial charge in [0.05, 0.1) is 5.56 Å². The molecule has 0 radical (unpaired) electrons. The molecule has 1 atom stereocenters. The molecule has 0 saturated heterocycles. The maximum Gasteiger partial charge on any atom is 0.255 e. The summed E-state index contributed by atoms with van der Waals surface area (Å²) in [4.78, 5) is 17.9. The Morgan fingerprint density at radius 3 is 2.87 bits per heavy atom. The molecule has 0 aromatic carbocycles. The van der Waals surface area contributed by atoms with E-state index in [0.717, 1.165) is 11.0 Å². The number of carbonyl (C=O) groups excluding carboxylic acids is 1. The number of aryl methyl sites for hydroxylation is 1. The summed E-state index contributed by atoms with van der Waals surface area (Å²) in [7, 11) is 1.81. The van der Waals surface area contributed by atoms with Crippen LogP contribution in [0.3, 0.4) is 0 Å². The van der Waals surface area contributed by atoms with Gasteiger partial charge in [-0.2, -0.15) is 0 Å². The number of amides is 1. The lowest BCUT2D eigenvalue weighted by Gasteiger charge is -2.23. The second-order valence-electron chi connectivity index (χ2n) is 3.56. The van der Waals surface area contributed by atoms with Crippen LogP contribution in [0.15, 0.2) is 18.3 Å². The Morgan fingerprint density at radius 2 is 2.33 bits per heavy atom. The van der Waals surface area contributed by atoms with E-state index in [1.807, 2.05) is 19.9 Å². The highest BCUT2D eigenvalue weighted by Crippen LogP contribution is 2.10. The predicted octanol–water partition coefficient (Wildman–Crippen LogP) is 2.25. The van der Waals surface area contributed by atoms with Crippen molar-refractivity contribution in [2.45, 2.75) is 19.9 Å². The maximum atomic E-state index is 12.0. The molecule has 1 aromatic rings. The van der Waals surface area contributed by atoms with Crippen LogP contribution >= 0.6 is 15.9 Å². The Balaban J connectivity index is 2.90. The van der Waals surface area contributed by atoms with Crippen molar-refractivity contribution in [1.82, 2.24) is 9.88 Å². The second kappa shape index (κ2) is 5.26. The summed E-state index contributed by atoms with van der Waals surface area (Å²) >= 11 is 3.37. The molecule has 82 valence electrons. The van der Waals surface area contributed by atoms with Gasteiger partial charge in [-0.1, -0.05) is 15.9 Å². The Kier molecular flexibility index (Phi) is 4.27. The van der Waals surface area contributed by atoms with Gasteiger partial charge in [-0.25, -0.2) is 0 Å². The molecule has 0 aliphatic heterocycles. The molecule has 1 unspecified atom stereocenters. The van der Waals surface area contributed by atoms with Gasteiger partial charge in [0.1, 0.15) is 0 Å². The van der Waals surface area contributed by atoms with Crippen LogP contribution < -0.4 is 0 Å². The normalized spacial score (nSPS) is 12.3. The van der Waals surface area contributed by atoms with Gasteiger partial charge < -0.3 is 4.90 Å². The molecule has 0 aliphatic carbocycles. The van der Waals surface area contributed by atoms with E-state index < -0.39 is 0 Å². The summed E-state index contributed by atoms with van der Waals surface area (Å²) in [5.74, 6) is 0.0209. The number of halogens is 1. The lowest BCUT2D eigenvalue weighted by atomic mass is 10.1. The molecule has 4 heteroatoms. The van der Waals surface area contributed by atoms with Gasteiger partial charge in [-0.15, -0.1) is 0 Å². The third-order valence-corrected chi connectivity index (χ3v) is 3.38. The van der Waals surface area contributed by atoms with Crippen molar-refractivity contribution in [2.24, 2.45) is 0 Å². The van der Waals surface area contributed by atoms with Crippen LogP contribution in [0.4, 0.5) is 0 Å². The number of aromatic nitrogens is 1. The highest BCUT2D eigenvalue weighted by atomic mass is 79.9. The Hall–Kier alpha value is -0.900. The molecule has 0 saturated carbocycles. The van der Waals surface area contributed by atoms with Crippen LogP contribution in [-0.4, -0.2) is 34.2 Å². The van der Waals surface area contributed by atoms with Crippen molar-refractivity contribution in [3.63, 3.8) is 0 Å². The number of carbonyl (C=O) groups is 1. The van der Waals surface area contributed by atoms with E-state index in [1.165, 1.54) is 0 Å². The van der Waals surface area contributed by atoms with Crippen LogP contribution in [0.25, 0.3) is 0 Å². The summed E-state index contributed by atoms with van der Waals surface area (Å²) in [5, 5.41) is 0.772. The summed E-state index contributed by atoms with van der Waals surface area (Å²) in [6.07, 6.45) is 1.69. The lowest BCUT2D eigenvalue weighted by Crippen LogP contribution is -2.36. The fraction of sp³-hybridized carbons (Fsp3) is 0.455. The van der Waals surface area contributed by atoms with E-state index in [4.69, 9.17) is 0 Å². The minimum absolute atomic E-state index is 0.0209. The van der Waals surface area contributed by atoms with E-state index in [1.54, 1.807) is 24.2 Å². The molecule has 0 N–H and O–H groups in total. The van der Waals surface area contributed by atoms with Gasteiger partial charge in [0, 0.05) is 30.3 Å². The minimum atomic E-state index is 0.0209. The predicted molar refractivity (Wildman–Crippen MR) is 64.3 cm³/mol. The molecule has 1 heterocycles. The Bertz CT molecular complexity index is 354. The largest absolute Gasteiger partial charge is 0.338 e. The standard InChI is InChI=1S/C11H15BrN2O/c1-8(7-12)14(3)11(15)10-5-4-6-13-9(10)2/h4-6,8H,7H2,1-3H3. The van der Waals surface area contributed by atoms with Crippen LogP contribution in [0.2, 0.25) is 0 Å². The van der Waals surface area contributed by atoms with E-state index in [2.05, 4.69) is 20.9 Å². The van der Waals surface area contributed by atoms with E-state index in [-0.39, 0.29) is 11.9 Å². The monoisotopic (exact) mass is 270 g/mol. The smallest absolute Gasteiger partial charge is 0.255 e. The fourth-order valence-electron chi connectivity index (χ4n) is 1.20. The van der Waals surface area contributed by atoms with Crippen molar-refractivity contribution in [3.8, 4) is 0 Å². The quantitative estimate of drug-likeness (QED) is 0.790. The molecule has 1 amide bonds. The number of nitrogens with zero attached hydrogens (tertiary/aromatic N) is 2. The van der Waals surface area contributed by atoms with E-state index >= 15 is 0 Å². The molecule has 3 nitrogen and oxygen atoms in total. The third kappa shape index (κ3) is 2.78. The molecule has 0 bridgehead atoms. The van der Waals surface area contributed by atoms with Crippen LogP contribution in [0, 0.1) is 6.92 Å².